The Balaban J connectivity index is 2.37. The Kier molecular flexibility index (Phi) is 3.70. The molecule has 0 spiro atoms. The molecule has 0 atom stereocenters. The molecule has 0 heterocycles. The van der Waals surface area contributed by atoms with Gasteiger partial charge in [-0.15, -0.1) is 4.13 Å². The third kappa shape index (κ3) is 3.19. The van der Waals surface area contributed by atoms with Crippen LogP contribution in [0.25, 0.3) is 0 Å². The third-order valence-electron chi connectivity index (χ3n) is 2.40. The van der Waals surface area contributed by atoms with Crippen molar-refractivity contribution in [3.8, 4) is 0 Å². The maximum Gasteiger partial charge on any atom is 0.338 e. The Bertz CT molecular complexity index is 686. The summed E-state index contributed by atoms with van der Waals surface area (Å²) in [6.45, 7) is 0. The standard InChI is InChI=1S/C12H11NO4S2/c14-18(15,11-7-3-1-4-8-11)13-19(16,17)12-9-5-2-6-10-12/h1-10,13H/p+1. The largest absolute Gasteiger partial charge is 0.338 e. The number of primary sulfonamides is 2. The molecule has 0 saturated carbocycles. The van der Waals surface area contributed by atoms with Crippen molar-refractivity contribution in [2.24, 2.45) is 0 Å². The molecule has 2 aromatic rings. The molecule has 0 unspecified atom stereocenters. The first-order valence-corrected chi connectivity index (χ1v) is 8.46. The molecule has 100 valence electrons. The SMILES string of the molecule is O=S(=O)([NH2+]S(=O)(=O)c1ccccc1)c1ccccc1. The fourth-order valence-corrected chi connectivity index (χ4v) is 4.79. The highest BCUT2D eigenvalue weighted by Crippen LogP contribution is 2.07. The Morgan fingerprint density at radius 2 is 0.895 bits per heavy atom. The van der Waals surface area contributed by atoms with Crippen LogP contribution in [0, 0.1) is 0 Å². The number of hydrogen-bond acceptors (Lipinski definition) is 4. The van der Waals surface area contributed by atoms with E-state index in [1.165, 1.54) is 48.5 Å². The lowest BCUT2D eigenvalue weighted by Gasteiger charge is -2.04. The molecule has 0 aliphatic carbocycles. The van der Waals surface area contributed by atoms with Gasteiger partial charge in [0.25, 0.3) is 0 Å². The zero-order valence-corrected chi connectivity index (χ0v) is 11.4. The van der Waals surface area contributed by atoms with Crippen molar-refractivity contribution in [1.29, 1.82) is 0 Å². The van der Waals surface area contributed by atoms with Crippen LogP contribution in [-0.4, -0.2) is 16.8 Å². The first kappa shape index (κ1) is 13.7. The van der Waals surface area contributed by atoms with E-state index in [-0.39, 0.29) is 9.79 Å². The molecular formula is C12H12NO4S2+. The summed E-state index contributed by atoms with van der Waals surface area (Å²) in [6.07, 6.45) is 0. The van der Waals surface area contributed by atoms with E-state index in [9.17, 15) is 16.8 Å². The average Bonchev–Trinajstić information content (AvgIpc) is 2.40. The normalized spacial score (nSPS) is 12.2. The van der Waals surface area contributed by atoms with Gasteiger partial charge in [-0.2, -0.15) is 16.8 Å². The molecule has 0 aliphatic rings. The summed E-state index contributed by atoms with van der Waals surface area (Å²) in [5, 5.41) is 0. The molecule has 19 heavy (non-hydrogen) atoms. The molecule has 2 rings (SSSR count). The van der Waals surface area contributed by atoms with Crippen LogP contribution in [-0.2, 0) is 20.0 Å². The Morgan fingerprint density at radius 3 is 1.21 bits per heavy atom. The second-order valence-electron chi connectivity index (χ2n) is 3.81. The van der Waals surface area contributed by atoms with Gasteiger partial charge in [0, 0.05) is 0 Å². The van der Waals surface area contributed by atoms with Gasteiger partial charge in [0.2, 0.25) is 0 Å². The van der Waals surface area contributed by atoms with E-state index in [0.29, 0.717) is 4.13 Å². The van der Waals surface area contributed by atoms with E-state index in [0.717, 1.165) is 0 Å². The second-order valence-corrected chi connectivity index (χ2v) is 7.70. The molecule has 0 aromatic heterocycles. The van der Waals surface area contributed by atoms with Gasteiger partial charge in [-0.25, -0.2) is 0 Å². The molecule has 2 aromatic carbocycles. The van der Waals surface area contributed by atoms with E-state index in [4.69, 9.17) is 0 Å². The monoisotopic (exact) mass is 298 g/mol. The minimum Gasteiger partial charge on any atom is -0.168 e. The van der Waals surface area contributed by atoms with E-state index >= 15 is 0 Å². The molecule has 7 heteroatoms. The lowest BCUT2D eigenvalue weighted by molar-refractivity contribution is -0.313. The summed E-state index contributed by atoms with van der Waals surface area (Å²) >= 11 is 0. The van der Waals surface area contributed by atoms with Gasteiger partial charge in [0.15, 0.2) is 0 Å². The summed E-state index contributed by atoms with van der Waals surface area (Å²) < 4.78 is 48.3. The first-order valence-electron chi connectivity index (χ1n) is 5.37. The minimum atomic E-state index is -3.98. The van der Waals surface area contributed by atoms with Crippen LogP contribution < -0.4 is 4.13 Å². The maximum absolute atomic E-state index is 12.0. The fraction of sp³-hybridized carbons (Fsp3) is 0. The van der Waals surface area contributed by atoms with Gasteiger partial charge in [-0.3, -0.25) is 0 Å². The minimum absolute atomic E-state index is 0.0468. The number of sulfonamides is 2. The van der Waals surface area contributed by atoms with Crippen molar-refractivity contribution in [2.75, 3.05) is 0 Å². The van der Waals surface area contributed by atoms with Crippen LogP contribution in [0.2, 0.25) is 0 Å². The van der Waals surface area contributed by atoms with Crippen molar-refractivity contribution in [1.82, 2.24) is 0 Å². The van der Waals surface area contributed by atoms with E-state index in [1.54, 1.807) is 12.1 Å². The van der Waals surface area contributed by atoms with Crippen LogP contribution in [0.15, 0.2) is 70.5 Å². The van der Waals surface area contributed by atoms with Gasteiger partial charge in [-0.1, -0.05) is 36.4 Å². The van der Waals surface area contributed by atoms with Crippen molar-refractivity contribution in [3.05, 3.63) is 60.7 Å². The second kappa shape index (κ2) is 5.12. The lowest BCUT2D eigenvalue weighted by Crippen LogP contribution is -2.89. The number of rotatable bonds is 4. The smallest absolute Gasteiger partial charge is 0.168 e. The van der Waals surface area contributed by atoms with Gasteiger partial charge >= 0.3 is 20.0 Å². The Hall–Kier alpha value is -1.70. The van der Waals surface area contributed by atoms with Crippen LogP contribution in [0.3, 0.4) is 0 Å². The average molecular weight is 298 g/mol. The molecule has 0 aliphatic heterocycles. The van der Waals surface area contributed by atoms with Gasteiger partial charge in [0.05, 0.1) is 0 Å². The van der Waals surface area contributed by atoms with Crippen LogP contribution in [0.5, 0.6) is 0 Å². The molecular weight excluding hydrogens is 286 g/mol. The number of benzene rings is 2. The zero-order chi connectivity index (χ0) is 13.9. The molecule has 0 saturated heterocycles. The summed E-state index contributed by atoms with van der Waals surface area (Å²) in [5.41, 5.74) is 0. The van der Waals surface area contributed by atoms with Crippen molar-refractivity contribution in [3.63, 3.8) is 0 Å². The van der Waals surface area contributed by atoms with Crippen molar-refractivity contribution < 1.29 is 21.0 Å². The number of hydrogen-bond donors (Lipinski definition) is 1. The third-order valence-corrected chi connectivity index (χ3v) is 6.28. The predicted molar refractivity (Wildman–Crippen MR) is 69.2 cm³/mol. The summed E-state index contributed by atoms with van der Waals surface area (Å²) in [7, 11) is -7.96. The highest BCUT2D eigenvalue weighted by Gasteiger charge is 2.28. The predicted octanol–water partition coefficient (Wildman–Crippen LogP) is 0.328. The summed E-state index contributed by atoms with van der Waals surface area (Å²) in [4.78, 5) is -0.0935. The maximum atomic E-state index is 12.0. The molecule has 5 nitrogen and oxygen atoms in total. The number of quaternary nitrogens is 1. The van der Waals surface area contributed by atoms with Crippen molar-refractivity contribution in [2.45, 2.75) is 9.79 Å². The van der Waals surface area contributed by atoms with Crippen LogP contribution in [0.1, 0.15) is 0 Å². The van der Waals surface area contributed by atoms with Crippen molar-refractivity contribution >= 4 is 20.0 Å². The molecule has 0 bridgehead atoms. The molecule has 0 radical (unpaired) electrons. The van der Waals surface area contributed by atoms with Gasteiger partial charge in [0.1, 0.15) is 9.79 Å². The Labute approximate surface area is 112 Å². The lowest BCUT2D eigenvalue weighted by atomic mass is 10.4. The quantitative estimate of drug-likeness (QED) is 0.881. The van der Waals surface area contributed by atoms with Gasteiger partial charge < -0.3 is 0 Å². The molecule has 0 fully saturated rings. The fourth-order valence-electron chi connectivity index (χ4n) is 1.50. The first-order chi connectivity index (χ1) is 8.92. The number of nitrogens with two attached hydrogens (primary N) is 1. The topological polar surface area (TPSA) is 84.9 Å². The highest BCUT2D eigenvalue weighted by atomic mass is 32.3. The summed E-state index contributed by atoms with van der Waals surface area (Å²) in [6, 6.07) is 14.9. The van der Waals surface area contributed by atoms with Crippen LogP contribution in [0.4, 0.5) is 0 Å². The highest BCUT2D eigenvalue weighted by molar-refractivity contribution is 7.96. The van der Waals surface area contributed by atoms with E-state index in [1.807, 2.05) is 0 Å². The van der Waals surface area contributed by atoms with Crippen LogP contribution >= 0.6 is 0 Å². The molecule has 2 N–H and O–H groups in total. The Morgan fingerprint density at radius 1 is 0.579 bits per heavy atom. The van der Waals surface area contributed by atoms with E-state index < -0.39 is 20.0 Å². The van der Waals surface area contributed by atoms with Gasteiger partial charge in [-0.05, 0) is 24.3 Å². The summed E-state index contributed by atoms with van der Waals surface area (Å²) in [5.74, 6) is 0. The van der Waals surface area contributed by atoms with E-state index in [2.05, 4.69) is 0 Å². The zero-order valence-electron chi connectivity index (χ0n) is 9.80. The molecule has 0 amide bonds.